The molecule has 1 aliphatic carbocycles. The van der Waals surface area contributed by atoms with E-state index in [9.17, 15) is 33.1 Å². The van der Waals surface area contributed by atoms with Crippen molar-refractivity contribution in [1.82, 2.24) is 25.7 Å². The lowest BCUT2D eigenvalue weighted by atomic mass is 9.95. The van der Waals surface area contributed by atoms with E-state index in [-0.39, 0.29) is 36.8 Å². The molecule has 16 heteroatoms. The highest BCUT2D eigenvalue weighted by Crippen LogP contribution is 2.41. The molecule has 6 rings (SSSR count). The minimum Gasteiger partial charge on any atom is -0.451 e. The summed E-state index contributed by atoms with van der Waals surface area (Å²) in [4.78, 5) is 60.1. The number of cyclic esters (lactones) is 1. The maximum atomic E-state index is 13.3. The van der Waals surface area contributed by atoms with Crippen molar-refractivity contribution in [3.8, 4) is 0 Å². The number of nitrogens with zero attached hydrogens (tertiary/aromatic N) is 3. The van der Waals surface area contributed by atoms with Gasteiger partial charge in [0.25, 0.3) is 17.7 Å². The van der Waals surface area contributed by atoms with Gasteiger partial charge in [-0.05, 0) is 37.6 Å². The number of hydrogen-bond donors (Lipinski definition) is 5. The zero-order valence-corrected chi connectivity index (χ0v) is 25.3. The number of fused-ring (bicyclic) bond motifs is 1. The topological polar surface area (TPSA) is 184 Å². The number of carbonyl (C=O) groups is 4. The molecule has 0 spiro atoms. The van der Waals surface area contributed by atoms with Crippen molar-refractivity contribution in [3.63, 3.8) is 0 Å². The zero-order valence-electron chi connectivity index (χ0n) is 25.3. The number of nitrogens with one attached hydrogen (secondary N) is 4. The number of rotatable bonds is 9. The van der Waals surface area contributed by atoms with E-state index >= 15 is 0 Å². The summed E-state index contributed by atoms with van der Waals surface area (Å²) in [5, 5.41) is 16.3. The number of aliphatic hydroxyl groups is 1. The van der Waals surface area contributed by atoms with Crippen LogP contribution in [-0.4, -0.2) is 75.1 Å². The third-order valence-electron chi connectivity index (χ3n) is 8.01. The van der Waals surface area contributed by atoms with Crippen molar-refractivity contribution < 1.29 is 42.5 Å². The molecule has 1 unspecified atom stereocenters. The van der Waals surface area contributed by atoms with Crippen LogP contribution in [0.15, 0.2) is 54.7 Å². The minimum absolute atomic E-state index is 0.00317. The molecule has 5 N–H and O–H groups in total. The van der Waals surface area contributed by atoms with Crippen molar-refractivity contribution in [2.24, 2.45) is 0 Å². The van der Waals surface area contributed by atoms with Crippen LogP contribution in [0.25, 0.3) is 0 Å². The summed E-state index contributed by atoms with van der Waals surface area (Å²) in [6, 6.07) is 13.3. The van der Waals surface area contributed by atoms with Crippen LogP contribution in [0, 0.1) is 0 Å². The Labute approximate surface area is 266 Å². The van der Waals surface area contributed by atoms with Crippen LogP contribution >= 0.6 is 0 Å². The molecule has 1 atom stereocenters. The van der Waals surface area contributed by atoms with E-state index < -0.39 is 60.1 Å². The average Bonchev–Trinajstić information content (AvgIpc) is 3.77. The molecule has 0 radical (unpaired) electrons. The van der Waals surface area contributed by atoms with Gasteiger partial charge in [-0.1, -0.05) is 30.3 Å². The van der Waals surface area contributed by atoms with Crippen molar-refractivity contribution in [3.05, 3.63) is 77.0 Å². The summed E-state index contributed by atoms with van der Waals surface area (Å²) in [6.07, 6.45) is 0.464. The van der Waals surface area contributed by atoms with Gasteiger partial charge >= 0.3 is 12.1 Å². The predicted octanol–water partition coefficient (Wildman–Crippen LogP) is 3.15. The molecular formula is C31H31F2N7O7. The molecule has 1 saturated heterocycles. The monoisotopic (exact) mass is 651 g/mol. The molecule has 3 amide bonds. The number of carbonyl (C=O) groups excluding carboxylic acids is 4. The number of alkyl halides is 2. The van der Waals surface area contributed by atoms with Crippen LogP contribution in [0.4, 0.5) is 31.0 Å². The summed E-state index contributed by atoms with van der Waals surface area (Å²) >= 11 is 0. The normalized spacial score (nSPS) is 18.5. The first-order valence-corrected chi connectivity index (χ1v) is 14.7. The fourth-order valence-electron chi connectivity index (χ4n) is 5.23. The van der Waals surface area contributed by atoms with Crippen molar-refractivity contribution >= 4 is 41.3 Å². The molecule has 3 aromatic rings. The lowest BCUT2D eigenvalue weighted by molar-refractivity contribution is -0.140. The second-order valence-corrected chi connectivity index (χ2v) is 12.0. The smallest absolute Gasteiger partial charge is 0.411 e. The largest absolute Gasteiger partial charge is 0.451 e. The van der Waals surface area contributed by atoms with Gasteiger partial charge < -0.3 is 25.2 Å². The maximum absolute atomic E-state index is 13.3. The molecule has 1 saturated carbocycles. The Bertz CT molecular complexity index is 1740. The van der Waals surface area contributed by atoms with E-state index in [1.807, 2.05) is 6.07 Å². The zero-order chi connectivity index (χ0) is 33.6. The SMILES string of the molecule is CC1(C)OC(=O)c2ccc(Nc3ncc(C(=O)NNC(=O)C4(OC(=O)N5CC(F)(F)C5)CC4)c(NC(CO)c4ccccc4)n3)cc21. The maximum Gasteiger partial charge on any atom is 0.411 e. The van der Waals surface area contributed by atoms with Gasteiger partial charge in [0.15, 0.2) is 5.60 Å². The number of hydrogen-bond acceptors (Lipinski definition) is 11. The summed E-state index contributed by atoms with van der Waals surface area (Å²) in [6.45, 7) is 1.59. The van der Waals surface area contributed by atoms with Gasteiger partial charge in [-0.3, -0.25) is 25.3 Å². The van der Waals surface area contributed by atoms with Crippen LogP contribution < -0.4 is 21.5 Å². The molecule has 2 aliphatic heterocycles. The fraction of sp³-hybridized carbons (Fsp3) is 0.355. The molecule has 3 aliphatic rings. The number of halogens is 2. The first-order chi connectivity index (χ1) is 22.3. The Hall–Kier alpha value is -5.38. The summed E-state index contributed by atoms with van der Waals surface area (Å²) in [7, 11) is 0. The van der Waals surface area contributed by atoms with E-state index in [4.69, 9.17) is 9.47 Å². The van der Waals surface area contributed by atoms with Crippen LogP contribution in [0.1, 0.15) is 64.6 Å². The lowest BCUT2D eigenvalue weighted by Crippen LogP contribution is -2.60. The van der Waals surface area contributed by atoms with Crippen LogP contribution in [0.3, 0.4) is 0 Å². The Kier molecular flexibility index (Phi) is 7.91. The Morgan fingerprint density at radius 2 is 1.81 bits per heavy atom. The fourth-order valence-corrected chi connectivity index (χ4v) is 5.23. The lowest BCUT2D eigenvalue weighted by Gasteiger charge is -2.38. The second kappa shape index (κ2) is 11.8. The van der Waals surface area contributed by atoms with Crippen molar-refractivity contribution in [1.29, 1.82) is 0 Å². The highest BCUT2D eigenvalue weighted by Gasteiger charge is 2.57. The van der Waals surface area contributed by atoms with Gasteiger partial charge in [0.05, 0.1) is 31.3 Å². The van der Waals surface area contributed by atoms with E-state index in [1.165, 1.54) is 6.20 Å². The standard InChI is InChI=1S/C31H31F2N7O7/c1-29(2)21-12-18(8-9-19(21)25(43)46-29)35-27-34-13-20(23(37-27)36-22(14-41)17-6-4-3-5-7-17)24(42)38-39-26(44)30(10-11-30)47-28(45)40-15-31(32,33)16-40/h3-9,12-13,22,41H,10-11,14-16H2,1-2H3,(H,38,42)(H,39,44)(H2,34,35,36,37). The van der Waals surface area contributed by atoms with E-state index in [0.29, 0.717) is 22.4 Å². The number of esters is 1. The Morgan fingerprint density at radius 1 is 1.09 bits per heavy atom. The molecule has 2 aromatic carbocycles. The number of amides is 3. The number of hydrazine groups is 1. The molecule has 3 heterocycles. The van der Waals surface area contributed by atoms with E-state index in [0.717, 1.165) is 4.90 Å². The number of likely N-dealkylation sites (tertiary alicyclic amines) is 1. The third kappa shape index (κ3) is 6.49. The van der Waals surface area contributed by atoms with Crippen LogP contribution in [0.2, 0.25) is 0 Å². The number of aromatic nitrogens is 2. The van der Waals surface area contributed by atoms with Crippen LogP contribution in [0.5, 0.6) is 0 Å². The van der Waals surface area contributed by atoms with Gasteiger partial charge in [0, 0.05) is 30.3 Å². The number of anilines is 3. The van der Waals surface area contributed by atoms with E-state index in [1.54, 1.807) is 56.3 Å². The highest BCUT2D eigenvalue weighted by atomic mass is 19.3. The molecular weight excluding hydrogens is 620 g/mol. The van der Waals surface area contributed by atoms with Crippen molar-refractivity contribution in [2.45, 2.75) is 49.9 Å². The van der Waals surface area contributed by atoms with Gasteiger partial charge in [-0.15, -0.1) is 0 Å². The predicted molar refractivity (Wildman–Crippen MR) is 161 cm³/mol. The minimum atomic E-state index is -2.99. The summed E-state index contributed by atoms with van der Waals surface area (Å²) < 4.78 is 36.9. The molecule has 2 fully saturated rings. The van der Waals surface area contributed by atoms with Crippen molar-refractivity contribution in [2.75, 3.05) is 30.3 Å². The molecule has 0 bridgehead atoms. The van der Waals surface area contributed by atoms with E-state index in [2.05, 4.69) is 31.5 Å². The summed E-state index contributed by atoms with van der Waals surface area (Å²) in [5.74, 6) is -5.02. The van der Waals surface area contributed by atoms with Gasteiger partial charge in [-0.2, -0.15) is 4.98 Å². The molecule has 14 nitrogen and oxygen atoms in total. The van der Waals surface area contributed by atoms with Gasteiger partial charge in [0.1, 0.15) is 17.0 Å². The van der Waals surface area contributed by atoms with Gasteiger partial charge in [-0.25, -0.2) is 23.4 Å². The third-order valence-corrected chi connectivity index (χ3v) is 8.01. The molecule has 1 aromatic heterocycles. The summed E-state index contributed by atoms with van der Waals surface area (Å²) in [5.41, 5.74) is 4.30. The quantitative estimate of drug-likeness (QED) is 0.169. The first-order valence-electron chi connectivity index (χ1n) is 14.7. The number of benzene rings is 2. The second-order valence-electron chi connectivity index (χ2n) is 12.0. The highest BCUT2D eigenvalue weighted by molar-refractivity contribution is 6.00. The molecule has 246 valence electrons. The first kappa shape index (κ1) is 31.6. The van der Waals surface area contributed by atoms with Gasteiger partial charge in [0.2, 0.25) is 5.95 Å². The Balaban J connectivity index is 1.19. The number of aliphatic hydroxyl groups excluding tert-OH is 1. The molecule has 47 heavy (non-hydrogen) atoms. The van der Waals surface area contributed by atoms with Crippen LogP contribution in [-0.2, 0) is 19.9 Å². The Morgan fingerprint density at radius 3 is 2.47 bits per heavy atom. The average molecular weight is 652 g/mol. The number of ether oxygens (including phenoxy) is 2.